The van der Waals surface area contributed by atoms with Gasteiger partial charge in [0, 0.05) is 10.5 Å². The van der Waals surface area contributed by atoms with Crippen LogP contribution in [0.1, 0.15) is 37.0 Å². The lowest BCUT2D eigenvalue weighted by molar-refractivity contribution is 0.0623. The standard InChI is InChI=1S/C13H7BrN2O5/c14-6-1-2-8-9(3-6)12(18)16(11(8)17)5-7-4-10(13(19)20)15-21-7/h1-4H,5H2,(H,19,20). The lowest BCUT2D eigenvalue weighted by atomic mass is 10.1. The number of rotatable bonds is 3. The summed E-state index contributed by atoms with van der Waals surface area (Å²) >= 11 is 3.24. The van der Waals surface area contributed by atoms with E-state index in [2.05, 4.69) is 21.1 Å². The van der Waals surface area contributed by atoms with Gasteiger partial charge in [-0.15, -0.1) is 0 Å². The summed E-state index contributed by atoms with van der Waals surface area (Å²) in [6.07, 6.45) is 0. The normalized spacial score (nSPS) is 13.7. The number of carbonyl (C=O) groups is 3. The van der Waals surface area contributed by atoms with E-state index in [-0.39, 0.29) is 18.0 Å². The van der Waals surface area contributed by atoms with Crippen molar-refractivity contribution >= 4 is 33.7 Å². The molecule has 21 heavy (non-hydrogen) atoms. The lowest BCUT2D eigenvalue weighted by Gasteiger charge is -2.10. The molecule has 8 heteroatoms. The number of amides is 2. The molecule has 2 aromatic rings. The van der Waals surface area contributed by atoms with Gasteiger partial charge in [-0.1, -0.05) is 21.1 Å². The van der Waals surface area contributed by atoms with Crippen LogP contribution < -0.4 is 0 Å². The highest BCUT2D eigenvalue weighted by atomic mass is 79.9. The fourth-order valence-corrected chi connectivity index (χ4v) is 2.41. The van der Waals surface area contributed by atoms with Crippen LogP contribution in [-0.2, 0) is 6.54 Å². The van der Waals surface area contributed by atoms with Crippen LogP contribution in [0.4, 0.5) is 0 Å². The van der Waals surface area contributed by atoms with E-state index >= 15 is 0 Å². The Balaban J connectivity index is 1.89. The fraction of sp³-hybridized carbons (Fsp3) is 0.0769. The molecular weight excluding hydrogens is 344 g/mol. The van der Waals surface area contributed by atoms with Crippen molar-refractivity contribution in [1.29, 1.82) is 0 Å². The predicted molar refractivity (Wildman–Crippen MR) is 71.8 cm³/mol. The lowest BCUT2D eigenvalue weighted by Crippen LogP contribution is -2.28. The first-order valence-electron chi connectivity index (χ1n) is 5.82. The number of fused-ring (bicyclic) bond motifs is 1. The van der Waals surface area contributed by atoms with Gasteiger partial charge in [0.05, 0.1) is 17.7 Å². The van der Waals surface area contributed by atoms with Crippen LogP contribution in [0, 0.1) is 0 Å². The van der Waals surface area contributed by atoms with Crippen molar-refractivity contribution in [2.45, 2.75) is 6.54 Å². The zero-order valence-corrected chi connectivity index (χ0v) is 12.0. The number of carboxylic acids is 1. The van der Waals surface area contributed by atoms with Crippen LogP contribution in [0.25, 0.3) is 0 Å². The topological polar surface area (TPSA) is 101 Å². The van der Waals surface area contributed by atoms with E-state index in [0.29, 0.717) is 15.6 Å². The quantitative estimate of drug-likeness (QED) is 0.848. The summed E-state index contributed by atoms with van der Waals surface area (Å²) in [6, 6.07) is 5.98. The van der Waals surface area contributed by atoms with Crippen molar-refractivity contribution < 1.29 is 24.0 Å². The number of aromatic nitrogens is 1. The molecular formula is C13H7BrN2O5. The number of hydrogen-bond donors (Lipinski definition) is 1. The van der Waals surface area contributed by atoms with E-state index in [0.717, 1.165) is 4.90 Å². The highest BCUT2D eigenvalue weighted by molar-refractivity contribution is 9.10. The summed E-state index contributed by atoms with van der Waals surface area (Å²) in [5, 5.41) is 12.1. The second-order valence-corrected chi connectivity index (χ2v) is 5.29. The molecule has 0 atom stereocenters. The Bertz CT molecular complexity index is 783. The summed E-state index contributed by atoms with van der Waals surface area (Å²) in [4.78, 5) is 36.1. The highest BCUT2D eigenvalue weighted by Gasteiger charge is 2.36. The number of carboxylic acid groups (broad SMARTS) is 1. The SMILES string of the molecule is O=C(O)c1cc(CN2C(=O)c3ccc(Br)cc3C2=O)on1. The number of halogens is 1. The summed E-state index contributed by atoms with van der Waals surface area (Å²) < 4.78 is 5.51. The molecule has 0 fully saturated rings. The molecule has 0 unspecified atom stereocenters. The van der Waals surface area contributed by atoms with Crippen molar-refractivity contribution in [2.75, 3.05) is 0 Å². The van der Waals surface area contributed by atoms with E-state index in [1.807, 2.05) is 0 Å². The molecule has 1 aliphatic rings. The van der Waals surface area contributed by atoms with E-state index in [1.54, 1.807) is 18.2 Å². The van der Waals surface area contributed by atoms with Crippen molar-refractivity contribution in [3.63, 3.8) is 0 Å². The number of aromatic carboxylic acids is 1. The molecule has 1 aromatic carbocycles. The van der Waals surface area contributed by atoms with Crippen molar-refractivity contribution in [3.8, 4) is 0 Å². The second-order valence-electron chi connectivity index (χ2n) is 4.37. The van der Waals surface area contributed by atoms with Crippen molar-refractivity contribution in [2.24, 2.45) is 0 Å². The van der Waals surface area contributed by atoms with Crippen LogP contribution in [-0.4, -0.2) is 32.9 Å². The minimum absolute atomic E-state index is 0.126. The Hall–Kier alpha value is -2.48. The van der Waals surface area contributed by atoms with Gasteiger partial charge < -0.3 is 9.63 Å². The van der Waals surface area contributed by atoms with E-state index in [9.17, 15) is 14.4 Å². The molecule has 2 heterocycles. The maximum absolute atomic E-state index is 12.2. The van der Waals surface area contributed by atoms with Crippen LogP contribution in [0.2, 0.25) is 0 Å². The molecule has 0 spiro atoms. The van der Waals surface area contributed by atoms with Gasteiger partial charge in [-0.25, -0.2) is 4.79 Å². The number of benzene rings is 1. The maximum atomic E-state index is 12.2. The molecule has 1 N–H and O–H groups in total. The Morgan fingerprint density at radius 2 is 1.95 bits per heavy atom. The molecule has 0 saturated carbocycles. The third-order valence-corrected chi connectivity index (χ3v) is 3.52. The Kier molecular flexibility index (Phi) is 3.09. The van der Waals surface area contributed by atoms with E-state index in [4.69, 9.17) is 9.63 Å². The summed E-state index contributed by atoms with van der Waals surface area (Å²) in [7, 11) is 0. The highest BCUT2D eigenvalue weighted by Crippen LogP contribution is 2.27. The first-order valence-corrected chi connectivity index (χ1v) is 6.61. The van der Waals surface area contributed by atoms with Gasteiger partial charge in [-0.05, 0) is 18.2 Å². The Morgan fingerprint density at radius 1 is 1.24 bits per heavy atom. The molecule has 106 valence electrons. The molecule has 1 aromatic heterocycles. The zero-order valence-electron chi connectivity index (χ0n) is 10.4. The van der Waals surface area contributed by atoms with E-state index in [1.165, 1.54) is 6.07 Å². The van der Waals surface area contributed by atoms with Crippen LogP contribution in [0.3, 0.4) is 0 Å². The van der Waals surface area contributed by atoms with Gasteiger partial charge >= 0.3 is 5.97 Å². The number of imide groups is 1. The molecule has 0 radical (unpaired) electrons. The van der Waals surface area contributed by atoms with Gasteiger partial charge in [0.15, 0.2) is 11.5 Å². The minimum atomic E-state index is -1.24. The predicted octanol–water partition coefficient (Wildman–Crippen LogP) is 1.93. The monoisotopic (exact) mass is 350 g/mol. The minimum Gasteiger partial charge on any atom is -0.476 e. The van der Waals surface area contributed by atoms with Gasteiger partial charge in [-0.2, -0.15) is 0 Å². The second kappa shape index (κ2) is 4.81. The molecule has 0 saturated heterocycles. The molecule has 0 aliphatic carbocycles. The summed E-state index contributed by atoms with van der Waals surface area (Å²) in [6.45, 7) is -0.162. The first kappa shape index (κ1) is 13.5. The van der Waals surface area contributed by atoms with Crippen LogP contribution in [0.15, 0.2) is 33.3 Å². The summed E-state index contributed by atoms with van der Waals surface area (Å²) in [5.41, 5.74) is 0.331. The van der Waals surface area contributed by atoms with Crippen molar-refractivity contribution in [1.82, 2.24) is 10.1 Å². The molecule has 2 amide bonds. The fourth-order valence-electron chi connectivity index (χ4n) is 2.05. The average Bonchev–Trinajstić information content (AvgIpc) is 2.99. The maximum Gasteiger partial charge on any atom is 0.358 e. The van der Waals surface area contributed by atoms with Crippen molar-refractivity contribution in [3.05, 3.63) is 51.3 Å². The Morgan fingerprint density at radius 3 is 2.62 bits per heavy atom. The average molecular weight is 351 g/mol. The molecule has 0 bridgehead atoms. The van der Waals surface area contributed by atoms with Gasteiger partial charge in [0.1, 0.15) is 0 Å². The third-order valence-electron chi connectivity index (χ3n) is 3.02. The van der Waals surface area contributed by atoms with Crippen LogP contribution >= 0.6 is 15.9 Å². The van der Waals surface area contributed by atoms with Gasteiger partial charge in [-0.3, -0.25) is 14.5 Å². The third kappa shape index (κ3) is 2.23. The van der Waals surface area contributed by atoms with Crippen LogP contribution in [0.5, 0.6) is 0 Å². The Labute approximate surface area is 126 Å². The number of carbonyl (C=O) groups excluding carboxylic acids is 2. The number of nitrogens with zero attached hydrogens (tertiary/aromatic N) is 2. The zero-order chi connectivity index (χ0) is 15.1. The summed E-state index contributed by atoms with van der Waals surface area (Å²) in [5.74, 6) is -2.02. The van der Waals surface area contributed by atoms with E-state index < -0.39 is 17.8 Å². The molecule has 7 nitrogen and oxygen atoms in total. The molecule has 3 rings (SSSR count). The van der Waals surface area contributed by atoms with Gasteiger partial charge in [0.2, 0.25) is 0 Å². The van der Waals surface area contributed by atoms with Gasteiger partial charge in [0.25, 0.3) is 11.8 Å². The number of hydrogen-bond acceptors (Lipinski definition) is 5. The largest absolute Gasteiger partial charge is 0.476 e. The smallest absolute Gasteiger partial charge is 0.358 e. The first-order chi connectivity index (χ1) is 9.97. The molecule has 1 aliphatic heterocycles.